The van der Waals surface area contributed by atoms with E-state index in [0.717, 1.165) is 0 Å². The normalized spacial score (nSPS) is 13.7. The molecule has 0 aromatic carbocycles. The van der Waals surface area contributed by atoms with Crippen LogP contribution in [0.5, 0.6) is 0 Å². The van der Waals surface area contributed by atoms with Gasteiger partial charge in [-0.25, -0.2) is 0 Å². The lowest BCUT2D eigenvalue weighted by atomic mass is 10.7. The van der Waals surface area contributed by atoms with Crippen LogP contribution in [0, 0.1) is 0 Å². The molecule has 10 heavy (non-hydrogen) atoms. The molecule has 2 nitrogen and oxygen atoms in total. The molecular weight excluding hydrogens is 215 g/mol. The molecule has 0 atom stereocenters. The van der Waals surface area contributed by atoms with Crippen molar-refractivity contribution >= 4 is 28.6 Å². The van der Waals surface area contributed by atoms with Crippen LogP contribution >= 0.6 is 28.6 Å². The van der Waals surface area contributed by atoms with Crippen LogP contribution < -0.4 is 0 Å². The minimum Gasteiger partial charge on any atom is -0.297 e. The van der Waals surface area contributed by atoms with Crippen molar-refractivity contribution in [2.24, 2.45) is 0 Å². The Balaban J connectivity index is 3.67. The number of alkyl halides is 3. The fourth-order valence-electron chi connectivity index (χ4n) is 0.148. The summed E-state index contributed by atoms with van der Waals surface area (Å²) in [4.78, 5) is 0. The lowest BCUT2D eigenvalue weighted by Crippen LogP contribution is -2.14. The van der Waals surface area contributed by atoms with Gasteiger partial charge in [0.1, 0.15) is 0 Å². The Morgan fingerprint density at radius 1 is 1.40 bits per heavy atom. The van der Waals surface area contributed by atoms with Gasteiger partial charge < -0.3 is 0 Å². The summed E-state index contributed by atoms with van der Waals surface area (Å²) in [6.45, 7) is -1.70. The van der Waals surface area contributed by atoms with E-state index in [2.05, 4.69) is 27.0 Å². The van der Waals surface area contributed by atoms with Gasteiger partial charge >= 0.3 is 12.3 Å². The lowest BCUT2D eigenvalue weighted by molar-refractivity contribution is -0.152. The lowest BCUT2D eigenvalue weighted by Gasteiger charge is -2.06. The van der Waals surface area contributed by atoms with Crippen LogP contribution in [0.4, 0.5) is 13.2 Å². The second-order valence-electron chi connectivity index (χ2n) is 1.30. The molecule has 0 aromatic rings. The maximum Gasteiger partial charge on any atom is 0.412 e. The Bertz CT molecular complexity index is 151. The van der Waals surface area contributed by atoms with E-state index < -0.39 is 18.9 Å². The monoisotopic (exact) mass is 216 g/mol. The van der Waals surface area contributed by atoms with Crippen molar-refractivity contribution in [2.75, 3.05) is 6.61 Å². The highest BCUT2D eigenvalue weighted by Crippen LogP contribution is 2.58. The van der Waals surface area contributed by atoms with Gasteiger partial charge in [-0.15, -0.1) is 0 Å². The standard InChI is InChI=1S/C2H2Cl2F3O2P/c3-10(4,8)9-1-2(5,6)7/h1H2. The quantitative estimate of drug-likeness (QED) is 0.664. The number of halogens is 5. The van der Waals surface area contributed by atoms with Gasteiger partial charge in [0, 0.05) is 0 Å². The molecule has 0 unspecified atom stereocenters. The average molecular weight is 217 g/mol. The van der Waals surface area contributed by atoms with Crippen LogP contribution in [0.2, 0.25) is 0 Å². The van der Waals surface area contributed by atoms with Crippen LogP contribution in [0.25, 0.3) is 0 Å². The molecule has 0 spiro atoms. The predicted octanol–water partition coefficient (Wildman–Crippen LogP) is 3.15. The summed E-state index contributed by atoms with van der Waals surface area (Å²) in [5, 5.41) is 0. The van der Waals surface area contributed by atoms with Gasteiger partial charge in [-0.3, -0.25) is 9.09 Å². The summed E-state index contributed by atoms with van der Waals surface area (Å²) in [5.74, 6) is 0. The van der Waals surface area contributed by atoms with Crippen molar-refractivity contribution in [3.8, 4) is 0 Å². The topological polar surface area (TPSA) is 26.3 Å². The zero-order valence-electron chi connectivity index (χ0n) is 4.36. The first-order chi connectivity index (χ1) is 4.21. The zero-order chi connectivity index (χ0) is 8.41. The van der Waals surface area contributed by atoms with E-state index in [1.54, 1.807) is 0 Å². The highest BCUT2D eigenvalue weighted by molar-refractivity contribution is 8.05. The van der Waals surface area contributed by atoms with E-state index in [9.17, 15) is 17.7 Å². The molecular formula is C2H2Cl2F3O2P. The summed E-state index contributed by atoms with van der Waals surface area (Å²) in [5.41, 5.74) is 0. The first-order valence-corrected chi connectivity index (χ1v) is 5.35. The second kappa shape index (κ2) is 3.30. The number of hydrogen-bond donors (Lipinski definition) is 0. The molecule has 0 aromatic heterocycles. The van der Waals surface area contributed by atoms with E-state index in [1.807, 2.05) is 0 Å². The molecule has 0 fully saturated rings. The third-order valence-corrected chi connectivity index (χ3v) is 1.39. The minimum atomic E-state index is -4.56. The van der Waals surface area contributed by atoms with Crippen molar-refractivity contribution in [1.82, 2.24) is 0 Å². The molecule has 0 heterocycles. The van der Waals surface area contributed by atoms with E-state index in [1.165, 1.54) is 0 Å². The average Bonchev–Trinajstić information content (AvgIpc) is 1.57. The van der Waals surface area contributed by atoms with E-state index in [-0.39, 0.29) is 0 Å². The maximum absolute atomic E-state index is 11.2. The van der Waals surface area contributed by atoms with Gasteiger partial charge in [0.05, 0.1) is 0 Å². The van der Waals surface area contributed by atoms with Crippen LogP contribution in [0.15, 0.2) is 0 Å². The largest absolute Gasteiger partial charge is 0.412 e. The molecule has 62 valence electrons. The highest BCUT2D eigenvalue weighted by Gasteiger charge is 2.31. The Hall–Kier alpha value is 0.560. The first-order valence-electron chi connectivity index (χ1n) is 1.91. The maximum atomic E-state index is 11.2. The predicted molar refractivity (Wildman–Crippen MR) is 31.3 cm³/mol. The molecule has 0 aliphatic heterocycles. The highest BCUT2D eigenvalue weighted by atomic mass is 35.9. The molecule has 0 rings (SSSR count). The van der Waals surface area contributed by atoms with Crippen LogP contribution in [-0.2, 0) is 9.09 Å². The molecule has 8 heteroatoms. The SMILES string of the molecule is O=P(Cl)(Cl)OCC(F)(F)F. The van der Waals surface area contributed by atoms with E-state index >= 15 is 0 Å². The summed E-state index contributed by atoms with van der Waals surface area (Å²) in [7, 11) is 0. The molecule has 0 aliphatic carbocycles. The summed E-state index contributed by atoms with van der Waals surface area (Å²) >= 11 is 9.28. The van der Waals surface area contributed by atoms with Gasteiger partial charge in [-0.2, -0.15) is 13.2 Å². The van der Waals surface area contributed by atoms with Gasteiger partial charge in [0.25, 0.3) is 0 Å². The third-order valence-electron chi connectivity index (χ3n) is 0.379. The summed E-state index contributed by atoms with van der Waals surface area (Å²) in [6, 6.07) is 0. The molecule has 0 aliphatic rings. The minimum absolute atomic E-state index is 1.70. The summed E-state index contributed by atoms with van der Waals surface area (Å²) < 4.78 is 47.3. The van der Waals surface area contributed by atoms with Crippen LogP contribution in [0.1, 0.15) is 0 Å². The smallest absolute Gasteiger partial charge is 0.297 e. The van der Waals surface area contributed by atoms with Crippen LogP contribution in [-0.4, -0.2) is 12.8 Å². The second-order valence-corrected chi connectivity index (χ2v) is 5.58. The van der Waals surface area contributed by atoms with Crippen molar-refractivity contribution in [3.05, 3.63) is 0 Å². The number of rotatable bonds is 2. The van der Waals surface area contributed by atoms with Gasteiger partial charge in [0.2, 0.25) is 0 Å². The van der Waals surface area contributed by atoms with Gasteiger partial charge in [-0.1, -0.05) is 0 Å². The fourth-order valence-corrected chi connectivity index (χ4v) is 0.738. The van der Waals surface area contributed by atoms with Crippen molar-refractivity contribution < 1.29 is 22.3 Å². The Kier molecular flexibility index (Phi) is 3.49. The van der Waals surface area contributed by atoms with E-state index in [4.69, 9.17) is 0 Å². The van der Waals surface area contributed by atoms with Crippen molar-refractivity contribution in [1.29, 1.82) is 0 Å². The van der Waals surface area contributed by atoms with Gasteiger partial charge in [-0.05, 0) is 22.5 Å². The fraction of sp³-hybridized carbons (Fsp3) is 1.00. The molecule has 0 bridgehead atoms. The Labute approximate surface area is 64.3 Å². The van der Waals surface area contributed by atoms with E-state index in [0.29, 0.717) is 0 Å². The molecule has 0 saturated carbocycles. The van der Waals surface area contributed by atoms with Crippen LogP contribution in [0.3, 0.4) is 0 Å². The third kappa shape index (κ3) is 8.56. The van der Waals surface area contributed by atoms with Gasteiger partial charge in [0.15, 0.2) is 6.61 Å². The van der Waals surface area contributed by atoms with Crippen molar-refractivity contribution in [2.45, 2.75) is 6.18 Å². The molecule has 0 amide bonds. The Morgan fingerprint density at radius 2 is 1.80 bits per heavy atom. The number of hydrogen-bond acceptors (Lipinski definition) is 2. The summed E-state index contributed by atoms with van der Waals surface area (Å²) in [6.07, 6.45) is -8.59. The molecule has 0 saturated heterocycles. The zero-order valence-corrected chi connectivity index (χ0v) is 6.77. The molecule has 0 N–H and O–H groups in total. The molecule has 0 radical (unpaired) electrons. The Morgan fingerprint density at radius 3 is 1.90 bits per heavy atom. The van der Waals surface area contributed by atoms with Crippen molar-refractivity contribution in [3.63, 3.8) is 0 Å². The first kappa shape index (κ1) is 10.6.